The predicted molar refractivity (Wildman–Crippen MR) is 114 cm³/mol. The van der Waals surface area contributed by atoms with Gasteiger partial charge in [-0.15, -0.1) is 11.3 Å². The van der Waals surface area contributed by atoms with Crippen molar-refractivity contribution in [3.63, 3.8) is 0 Å². The monoisotopic (exact) mass is 514 g/mol. The maximum Gasteiger partial charge on any atom is 0.415 e. The maximum atomic E-state index is 13.0. The van der Waals surface area contributed by atoms with Crippen molar-refractivity contribution in [3.05, 3.63) is 61.4 Å². The van der Waals surface area contributed by atoms with Crippen molar-refractivity contribution in [2.24, 2.45) is 5.73 Å². The molecular weight excluding hydrogens is 501 g/mol. The molecule has 3 heterocycles. The van der Waals surface area contributed by atoms with Gasteiger partial charge in [0.15, 0.2) is 5.82 Å². The Bertz CT molecular complexity index is 1310. The third-order valence-electron chi connectivity index (χ3n) is 4.07. The summed E-state index contributed by atoms with van der Waals surface area (Å²) < 4.78 is 40.5. The van der Waals surface area contributed by atoms with Crippen LogP contribution in [0.5, 0.6) is 0 Å². The molecule has 0 aliphatic heterocycles. The number of hydrogen-bond donors (Lipinski definition) is 3. The largest absolute Gasteiger partial charge is 0.415 e. The first-order valence-corrected chi connectivity index (χ1v) is 10.1. The standard InChI is InChI=1S/C18H14BrF3N6O2S/c1-9(18(20,21)22)4-12-10(5-23)2-3-14(30)28(12)6-13(29)26-17-15(11(19)7-31-17)16-24-8-25-27-16/h2-5,7-8H,1,6,23H2,(H,26,29)(H,24,25,27)/b10-5-,12-4+. The number of aromatic nitrogens is 4. The highest BCUT2D eigenvalue weighted by Gasteiger charge is 2.30. The third kappa shape index (κ3) is 4.94. The van der Waals surface area contributed by atoms with Crippen molar-refractivity contribution in [3.8, 4) is 11.4 Å². The van der Waals surface area contributed by atoms with Crippen LogP contribution < -0.4 is 27.2 Å². The molecule has 31 heavy (non-hydrogen) atoms. The van der Waals surface area contributed by atoms with Crippen molar-refractivity contribution >= 4 is 50.5 Å². The molecule has 0 saturated heterocycles. The van der Waals surface area contributed by atoms with Gasteiger partial charge in [0.2, 0.25) is 5.91 Å². The Morgan fingerprint density at radius 1 is 1.42 bits per heavy atom. The number of aromatic amines is 1. The zero-order valence-electron chi connectivity index (χ0n) is 15.5. The Labute approximate surface area is 184 Å². The number of alkyl halides is 3. The number of nitrogens with one attached hydrogen (secondary N) is 2. The average molecular weight is 515 g/mol. The summed E-state index contributed by atoms with van der Waals surface area (Å²) in [5, 5.41) is 11.2. The Kier molecular flexibility index (Phi) is 6.45. The van der Waals surface area contributed by atoms with Crippen LogP contribution in [0.2, 0.25) is 0 Å². The molecule has 0 spiro atoms. The highest BCUT2D eigenvalue weighted by atomic mass is 79.9. The van der Waals surface area contributed by atoms with Gasteiger partial charge in [-0.05, 0) is 28.1 Å². The first-order chi connectivity index (χ1) is 14.6. The van der Waals surface area contributed by atoms with Crippen LogP contribution in [0.4, 0.5) is 18.2 Å². The molecule has 0 aromatic carbocycles. The Balaban J connectivity index is 1.99. The van der Waals surface area contributed by atoms with E-state index in [9.17, 15) is 22.8 Å². The number of H-pyrrole nitrogens is 1. The summed E-state index contributed by atoms with van der Waals surface area (Å²) in [6.45, 7) is 2.43. The molecule has 0 atom stereocenters. The van der Waals surface area contributed by atoms with Crippen LogP contribution in [0.15, 0.2) is 45.3 Å². The van der Waals surface area contributed by atoms with Crippen LogP contribution in [0.3, 0.4) is 0 Å². The first kappa shape index (κ1) is 22.5. The molecule has 0 saturated carbocycles. The van der Waals surface area contributed by atoms with Crippen molar-refractivity contribution < 1.29 is 18.0 Å². The highest BCUT2D eigenvalue weighted by Crippen LogP contribution is 2.38. The van der Waals surface area contributed by atoms with Gasteiger partial charge in [-0.25, -0.2) is 4.98 Å². The van der Waals surface area contributed by atoms with Crippen LogP contribution in [0, 0.1) is 0 Å². The summed E-state index contributed by atoms with van der Waals surface area (Å²) in [5.41, 5.74) is 4.17. The van der Waals surface area contributed by atoms with Gasteiger partial charge in [-0.1, -0.05) is 6.58 Å². The summed E-state index contributed by atoms with van der Waals surface area (Å²) in [7, 11) is 0. The number of nitrogens with two attached hydrogens (primary N) is 1. The second kappa shape index (κ2) is 8.89. The SMILES string of the molecule is C=C(/C=c1\c(=C/N)ccc(=O)n1CC(=O)Nc1scc(Br)c1-c1ncn[nH]1)C(F)(F)F. The number of rotatable bonds is 5. The minimum Gasteiger partial charge on any atom is -0.404 e. The molecule has 8 nitrogen and oxygen atoms in total. The van der Waals surface area contributed by atoms with Crippen molar-refractivity contribution in [2.75, 3.05) is 5.32 Å². The quantitative estimate of drug-likeness (QED) is 0.478. The number of hydrogen-bond acceptors (Lipinski definition) is 6. The topological polar surface area (TPSA) is 119 Å². The Hall–Kier alpha value is -3.19. The molecule has 0 bridgehead atoms. The number of pyridine rings is 1. The van der Waals surface area contributed by atoms with Crippen molar-refractivity contribution in [2.45, 2.75) is 12.7 Å². The minimum absolute atomic E-state index is 0.138. The number of carbonyl (C=O) groups is 1. The lowest BCUT2D eigenvalue weighted by Crippen LogP contribution is -2.45. The second-order valence-corrected chi connectivity index (χ2v) is 7.84. The minimum atomic E-state index is -4.71. The summed E-state index contributed by atoms with van der Waals surface area (Å²) in [4.78, 5) is 29.1. The number of carbonyl (C=O) groups excluding carboxylic acids is 1. The Morgan fingerprint density at radius 2 is 2.16 bits per heavy atom. The van der Waals surface area contributed by atoms with Gasteiger partial charge in [0.05, 0.1) is 16.5 Å². The lowest BCUT2D eigenvalue weighted by Gasteiger charge is -2.11. The van der Waals surface area contributed by atoms with Gasteiger partial charge in [0.1, 0.15) is 17.9 Å². The van der Waals surface area contributed by atoms with E-state index in [2.05, 4.69) is 43.0 Å². The number of thiophene rings is 1. The highest BCUT2D eigenvalue weighted by molar-refractivity contribution is 9.10. The number of halogens is 4. The zero-order chi connectivity index (χ0) is 22.8. The van der Waals surface area contributed by atoms with Crippen molar-refractivity contribution in [1.82, 2.24) is 19.7 Å². The summed E-state index contributed by atoms with van der Waals surface area (Å²) in [6.07, 6.45) is -1.69. The van der Waals surface area contributed by atoms with Crippen LogP contribution in [0.1, 0.15) is 0 Å². The van der Waals surface area contributed by atoms with Gasteiger partial charge in [0.25, 0.3) is 5.56 Å². The normalized spacial score (nSPS) is 12.9. The van der Waals surface area contributed by atoms with Crippen molar-refractivity contribution in [1.29, 1.82) is 0 Å². The maximum absolute atomic E-state index is 13.0. The molecule has 3 aromatic heterocycles. The molecule has 3 aromatic rings. The second-order valence-electron chi connectivity index (χ2n) is 6.10. The lowest BCUT2D eigenvalue weighted by atomic mass is 10.2. The fourth-order valence-electron chi connectivity index (χ4n) is 2.61. The van der Waals surface area contributed by atoms with Gasteiger partial charge in [-0.2, -0.15) is 18.3 Å². The molecule has 0 fully saturated rings. The molecular formula is C18H14BrF3N6O2S. The number of amides is 1. The van der Waals surface area contributed by atoms with E-state index < -0.39 is 29.8 Å². The van der Waals surface area contributed by atoms with Gasteiger partial charge < -0.3 is 11.1 Å². The molecule has 0 aliphatic carbocycles. The van der Waals surface area contributed by atoms with Gasteiger partial charge in [-0.3, -0.25) is 19.3 Å². The molecule has 4 N–H and O–H groups in total. The molecule has 162 valence electrons. The Morgan fingerprint density at radius 3 is 2.77 bits per heavy atom. The molecule has 1 amide bonds. The predicted octanol–water partition coefficient (Wildman–Crippen LogP) is 1.69. The summed E-state index contributed by atoms with van der Waals surface area (Å²) >= 11 is 4.55. The molecule has 0 radical (unpaired) electrons. The average Bonchev–Trinajstić information content (AvgIpc) is 3.33. The molecule has 0 unspecified atom stereocenters. The molecule has 0 aliphatic rings. The van der Waals surface area contributed by atoms with E-state index in [1.54, 1.807) is 5.38 Å². The van der Waals surface area contributed by atoms with Crippen LogP contribution in [-0.2, 0) is 11.3 Å². The van der Waals surface area contributed by atoms with E-state index in [4.69, 9.17) is 5.73 Å². The van der Waals surface area contributed by atoms with Gasteiger partial charge in [0, 0.05) is 27.3 Å². The van der Waals surface area contributed by atoms with E-state index in [-0.39, 0.29) is 10.6 Å². The smallest absolute Gasteiger partial charge is 0.404 e. The number of nitrogens with zero attached hydrogens (tertiary/aromatic N) is 3. The number of anilines is 1. The third-order valence-corrected chi connectivity index (χ3v) is 5.89. The molecule has 13 heteroatoms. The van der Waals surface area contributed by atoms with Crippen LogP contribution in [-0.4, -0.2) is 31.8 Å². The molecule has 3 rings (SSSR count). The van der Waals surface area contributed by atoms with Crippen LogP contribution >= 0.6 is 27.3 Å². The van der Waals surface area contributed by atoms with Crippen LogP contribution in [0.25, 0.3) is 23.7 Å². The van der Waals surface area contributed by atoms with E-state index >= 15 is 0 Å². The zero-order valence-corrected chi connectivity index (χ0v) is 17.9. The van der Waals surface area contributed by atoms with E-state index in [1.807, 2.05) is 0 Å². The first-order valence-electron chi connectivity index (χ1n) is 8.44. The van der Waals surface area contributed by atoms with Gasteiger partial charge >= 0.3 is 6.18 Å². The fraction of sp³-hybridized carbons (Fsp3) is 0.111. The fourth-order valence-corrected chi connectivity index (χ4v) is 4.24. The lowest BCUT2D eigenvalue weighted by molar-refractivity contribution is -0.116. The van der Waals surface area contributed by atoms with E-state index in [0.29, 0.717) is 26.9 Å². The summed E-state index contributed by atoms with van der Waals surface area (Å²) in [5.74, 6) is -0.241. The summed E-state index contributed by atoms with van der Waals surface area (Å²) in [6, 6.07) is 2.38. The van der Waals surface area contributed by atoms with E-state index in [0.717, 1.165) is 16.8 Å². The van der Waals surface area contributed by atoms with E-state index in [1.165, 1.54) is 23.7 Å². The number of allylic oxidation sites excluding steroid dienone is 1.